The number of fused-ring (bicyclic) bond motifs is 1. The van der Waals surface area contributed by atoms with E-state index in [1.165, 1.54) is 12.0 Å². The molecule has 0 bridgehead atoms. The van der Waals surface area contributed by atoms with E-state index in [0.29, 0.717) is 0 Å². The molecule has 0 radical (unpaired) electrons. The lowest BCUT2D eigenvalue weighted by Gasteiger charge is -2.17. The zero-order valence-corrected chi connectivity index (χ0v) is 15.8. The highest BCUT2D eigenvalue weighted by Gasteiger charge is 2.10. The van der Waals surface area contributed by atoms with E-state index in [9.17, 15) is 5.26 Å². The van der Waals surface area contributed by atoms with Crippen LogP contribution in [0.3, 0.4) is 0 Å². The average Bonchev–Trinajstić information content (AvgIpc) is 2.74. The van der Waals surface area contributed by atoms with Crippen molar-refractivity contribution >= 4 is 11.9 Å². The number of aromatic nitrogens is 2. The third kappa shape index (κ3) is 5.56. The van der Waals surface area contributed by atoms with Crippen LogP contribution in [0.2, 0.25) is 0 Å². The third-order valence-corrected chi connectivity index (χ3v) is 4.75. The molecule has 1 atom stereocenters. The SMILES string of the molecule is N#COc1ccc(/C=C/C(C#N)CCCCc2ccc3c(n2)NCCC3)cn1. The molecule has 0 aromatic carbocycles. The average molecular weight is 373 g/mol. The Hall–Kier alpha value is -3.38. The van der Waals surface area contributed by atoms with Gasteiger partial charge in [-0.15, -0.1) is 5.26 Å². The standard InChI is InChI=1S/C22H23N5O/c23-14-17(7-8-18-9-12-21(26-15-18)28-16-24)4-1-2-6-20-11-10-19-5-3-13-25-22(19)27-20/h7-12,15,17H,1-6,13H2,(H,25,27)/b8-7+. The Morgan fingerprint density at radius 2 is 2.14 bits per heavy atom. The van der Waals surface area contributed by atoms with Crippen molar-refractivity contribution in [2.45, 2.75) is 38.5 Å². The number of hydrogen-bond acceptors (Lipinski definition) is 6. The molecule has 0 amide bonds. The van der Waals surface area contributed by atoms with Crippen molar-refractivity contribution in [1.29, 1.82) is 10.5 Å². The summed E-state index contributed by atoms with van der Waals surface area (Å²) in [6.45, 7) is 1.00. The molecule has 1 aliphatic rings. The van der Waals surface area contributed by atoms with Gasteiger partial charge >= 0.3 is 0 Å². The van der Waals surface area contributed by atoms with Crippen LogP contribution in [0.1, 0.15) is 42.5 Å². The number of unbranched alkanes of at least 4 members (excludes halogenated alkanes) is 1. The molecular formula is C22H23N5O. The number of aryl methyl sites for hydroxylation is 2. The third-order valence-electron chi connectivity index (χ3n) is 4.75. The smallest absolute Gasteiger partial charge is 0.293 e. The van der Waals surface area contributed by atoms with Crippen molar-refractivity contribution in [2.24, 2.45) is 5.92 Å². The second-order valence-electron chi connectivity index (χ2n) is 6.80. The summed E-state index contributed by atoms with van der Waals surface area (Å²) in [6.07, 6.45) is 13.0. The zero-order valence-electron chi connectivity index (χ0n) is 15.8. The van der Waals surface area contributed by atoms with E-state index in [0.717, 1.165) is 55.7 Å². The summed E-state index contributed by atoms with van der Waals surface area (Å²) in [5.74, 6) is 1.18. The van der Waals surface area contributed by atoms with Crippen LogP contribution >= 0.6 is 0 Å². The van der Waals surface area contributed by atoms with E-state index >= 15 is 0 Å². The van der Waals surface area contributed by atoms with Crippen molar-refractivity contribution in [3.8, 4) is 18.2 Å². The molecule has 142 valence electrons. The molecule has 1 unspecified atom stereocenters. The van der Waals surface area contributed by atoms with E-state index in [4.69, 9.17) is 10.2 Å². The monoisotopic (exact) mass is 373 g/mol. The topological polar surface area (TPSA) is 94.6 Å². The van der Waals surface area contributed by atoms with Crippen LogP contribution in [0.5, 0.6) is 5.88 Å². The van der Waals surface area contributed by atoms with Crippen LogP contribution in [0.25, 0.3) is 6.08 Å². The van der Waals surface area contributed by atoms with Gasteiger partial charge in [0.2, 0.25) is 5.88 Å². The Morgan fingerprint density at radius 1 is 1.21 bits per heavy atom. The molecule has 0 saturated carbocycles. The fourth-order valence-electron chi connectivity index (χ4n) is 3.21. The summed E-state index contributed by atoms with van der Waals surface area (Å²) in [6, 6.07) is 10.1. The molecule has 1 N–H and O–H groups in total. The maximum absolute atomic E-state index is 9.37. The molecule has 0 spiro atoms. The van der Waals surface area contributed by atoms with E-state index < -0.39 is 0 Å². The van der Waals surface area contributed by atoms with Crippen molar-refractivity contribution < 1.29 is 4.74 Å². The maximum Gasteiger partial charge on any atom is 0.293 e. The Bertz CT molecular complexity index is 893. The summed E-state index contributed by atoms with van der Waals surface area (Å²) < 4.78 is 4.65. The summed E-state index contributed by atoms with van der Waals surface area (Å²) in [4.78, 5) is 8.74. The minimum Gasteiger partial charge on any atom is -0.370 e. The van der Waals surface area contributed by atoms with E-state index in [-0.39, 0.29) is 11.8 Å². The van der Waals surface area contributed by atoms with Crippen LogP contribution in [-0.2, 0) is 12.8 Å². The van der Waals surface area contributed by atoms with Gasteiger partial charge in [0.15, 0.2) is 0 Å². The Morgan fingerprint density at radius 3 is 2.93 bits per heavy atom. The zero-order chi connectivity index (χ0) is 19.6. The lowest BCUT2D eigenvalue weighted by atomic mass is 10.00. The predicted octanol–water partition coefficient (Wildman–Crippen LogP) is 4.26. The van der Waals surface area contributed by atoms with Crippen molar-refractivity contribution in [1.82, 2.24) is 9.97 Å². The number of ether oxygens (including phenoxy) is 1. The lowest BCUT2D eigenvalue weighted by Crippen LogP contribution is -2.14. The van der Waals surface area contributed by atoms with Gasteiger partial charge in [-0.2, -0.15) is 5.26 Å². The van der Waals surface area contributed by atoms with Crippen LogP contribution in [0.15, 0.2) is 36.5 Å². The molecule has 0 saturated heterocycles. The largest absolute Gasteiger partial charge is 0.370 e. The number of anilines is 1. The fraction of sp³-hybridized carbons (Fsp3) is 0.364. The van der Waals surface area contributed by atoms with Gasteiger partial charge in [-0.1, -0.05) is 24.6 Å². The van der Waals surface area contributed by atoms with Gasteiger partial charge in [0.1, 0.15) is 5.82 Å². The van der Waals surface area contributed by atoms with Crippen molar-refractivity contribution in [3.05, 3.63) is 53.4 Å². The van der Waals surface area contributed by atoms with Crippen LogP contribution < -0.4 is 10.1 Å². The highest BCUT2D eigenvalue weighted by molar-refractivity contribution is 5.49. The predicted molar refractivity (Wildman–Crippen MR) is 107 cm³/mol. The van der Waals surface area contributed by atoms with Gasteiger partial charge in [-0.05, 0) is 55.4 Å². The molecule has 0 fully saturated rings. The van der Waals surface area contributed by atoms with Crippen LogP contribution in [0.4, 0.5) is 5.82 Å². The number of nitrogens with one attached hydrogen (secondary N) is 1. The number of rotatable bonds is 8. The molecule has 0 aliphatic carbocycles. The molecule has 2 aromatic heterocycles. The second-order valence-corrected chi connectivity index (χ2v) is 6.80. The van der Waals surface area contributed by atoms with E-state index in [1.807, 2.05) is 12.2 Å². The fourth-order valence-corrected chi connectivity index (χ4v) is 3.21. The highest BCUT2D eigenvalue weighted by Crippen LogP contribution is 2.21. The minimum atomic E-state index is -0.131. The first-order valence-corrected chi connectivity index (χ1v) is 9.61. The minimum absolute atomic E-state index is 0.131. The molecule has 28 heavy (non-hydrogen) atoms. The first-order valence-electron chi connectivity index (χ1n) is 9.61. The molecule has 3 rings (SSSR count). The van der Waals surface area contributed by atoms with Gasteiger partial charge in [-0.25, -0.2) is 9.97 Å². The summed E-state index contributed by atoms with van der Waals surface area (Å²) >= 11 is 0. The molecule has 6 nitrogen and oxygen atoms in total. The maximum atomic E-state index is 9.37. The van der Waals surface area contributed by atoms with Gasteiger partial charge < -0.3 is 10.1 Å². The quantitative estimate of drug-likeness (QED) is 0.549. The van der Waals surface area contributed by atoms with Crippen LogP contribution in [0, 0.1) is 28.8 Å². The van der Waals surface area contributed by atoms with Crippen molar-refractivity contribution in [3.63, 3.8) is 0 Å². The number of pyridine rings is 2. The molecule has 2 aromatic rings. The van der Waals surface area contributed by atoms with E-state index in [2.05, 4.69) is 33.2 Å². The van der Waals surface area contributed by atoms with Gasteiger partial charge in [0.05, 0.1) is 12.0 Å². The Kier molecular flexibility index (Phi) is 6.98. The van der Waals surface area contributed by atoms with E-state index in [1.54, 1.807) is 24.6 Å². The molecule has 6 heteroatoms. The van der Waals surface area contributed by atoms with Crippen LogP contribution in [-0.4, -0.2) is 16.5 Å². The highest BCUT2D eigenvalue weighted by atomic mass is 16.5. The summed E-state index contributed by atoms with van der Waals surface area (Å²) in [7, 11) is 0. The van der Waals surface area contributed by atoms with Crippen molar-refractivity contribution in [2.75, 3.05) is 11.9 Å². The summed E-state index contributed by atoms with van der Waals surface area (Å²) in [5.41, 5.74) is 3.30. The lowest BCUT2D eigenvalue weighted by molar-refractivity contribution is 0.486. The molecule has 3 heterocycles. The van der Waals surface area contributed by atoms with Gasteiger partial charge in [-0.3, -0.25) is 0 Å². The molecular weight excluding hydrogens is 350 g/mol. The number of allylic oxidation sites excluding steroid dienone is 1. The first-order chi connectivity index (χ1) is 13.8. The number of nitriles is 2. The number of hydrogen-bond donors (Lipinski definition) is 1. The first kappa shape index (κ1) is 19.4. The Labute approximate surface area is 165 Å². The molecule has 1 aliphatic heterocycles. The summed E-state index contributed by atoms with van der Waals surface area (Å²) in [5, 5.41) is 21.2. The van der Waals surface area contributed by atoms with Gasteiger partial charge in [0.25, 0.3) is 6.26 Å². The normalized spacial score (nSPS) is 13.8. The Balaban J connectivity index is 1.44. The second kappa shape index (κ2) is 10.1. The van der Waals surface area contributed by atoms with Gasteiger partial charge in [0, 0.05) is 24.5 Å². The number of nitrogens with zero attached hydrogens (tertiary/aromatic N) is 4.